The second-order valence-electron chi connectivity index (χ2n) is 4.13. The number of rotatable bonds is 3. The first-order valence-electron chi connectivity index (χ1n) is 5.65. The van der Waals surface area contributed by atoms with Gasteiger partial charge in [0.2, 0.25) is 6.29 Å². The van der Waals surface area contributed by atoms with Gasteiger partial charge in [0, 0.05) is 0 Å². The highest BCUT2D eigenvalue weighted by Crippen LogP contribution is 2.23. The number of aliphatic hydroxyl groups excluding tert-OH is 4. The van der Waals surface area contributed by atoms with Crippen molar-refractivity contribution in [2.45, 2.75) is 30.7 Å². The summed E-state index contributed by atoms with van der Waals surface area (Å²) in [5.74, 6) is 0.460. The van der Waals surface area contributed by atoms with Gasteiger partial charge in [-0.2, -0.15) is 0 Å². The molecule has 0 unspecified atom stereocenters. The van der Waals surface area contributed by atoms with Crippen molar-refractivity contribution in [1.29, 1.82) is 0 Å². The van der Waals surface area contributed by atoms with Crippen LogP contribution in [0.3, 0.4) is 0 Å². The Balaban J connectivity index is 2.08. The minimum Gasteiger partial charge on any atom is -0.462 e. The number of ether oxygens (including phenoxy) is 2. The second kappa shape index (κ2) is 5.64. The zero-order valence-corrected chi connectivity index (χ0v) is 9.59. The van der Waals surface area contributed by atoms with Crippen LogP contribution in [0.15, 0.2) is 30.3 Å². The zero-order chi connectivity index (χ0) is 13.1. The van der Waals surface area contributed by atoms with Gasteiger partial charge in [-0.1, -0.05) is 18.2 Å². The van der Waals surface area contributed by atoms with E-state index in [0.717, 1.165) is 0 Å². The van der Waals surface area contributed by atoms with Gasteiger partial charge in [0.05, 0.1) is 6.61 Å². The van der Waals surface area contributed by atoms with Gasteiger partial charge in [0.15, 0.2) is 0 Å². The summed E-state index contributed by atoms with van der Waals surface area (Å²) in [5.41, 5.74) is 0. The van der Waals surface area contributed by atoms with Crippen LogP contribution in [0.4, 0.5) is 0 Å². The first-order valence-corrected chi connectivity index (χ1v) is 5.65. The fraction of sp³-hybridized carbons (Fsp3) is 0.500. The van der Waals surface area contributed by atoms with E-state index in [1.807, 2.05) is 0 Å². The van der Waals surface area contributed by atoms with Crippen LogP contribution in [0, 0.1) is 0 Å². The molecule has 1 heterocycles. The predicted octanol–water partition coefficient (Wildman–Crippen LogP) is -1.13. The number of para-hydroxylation sites is 1. The molecule has 0 aromatic heterocycles. The molecule has 0 bridgehead atoms. The van der Waals surface area contributed by atoms with E-state index in [1.54, 1.807) is 30.3 Å². The third-order valence-electron chi connectivity index (χ3n) is 2.84. The van der Waals surface area contributed by atoms with Crippen molar-refractivity contribution in [3.8, 4) is 5.75 Å². The molecule has 2 rings (SSSR count). The van der Waals surface area contributed by atoms with E-state index < -0.39 is 37.3 Å². The zero-order valence-electron chi connectivity index (χ0n) is 9.59. The molecule has 0 spiro atoms. The van der Waals surface area contributed by atoms with Gasteiger partial charge in [-0.05, 0) is 12.1 Å². The molecule has 1 aliphatic heterocycles. The van der Waals surface area contributed by atoms with Crippen LogP contribution in [0.1, 0.15) is 0 Å². The second-order valence-corrected chi connectivity index (χ2v) is 4.13. The summed E-state index contributed by atoms with van der Waals surface area (Å²) >= 11 is 0. The summed E-state index contributed by atoms with van der Waals surface area (Å²) in [6.07, 6.45) is -6.28. The topological polar surface area (TPSA) is 99.4 Å². The van der Waals surface area contributed by atoms with Gasteiger partial charge >= 0.3 is 0 Å². The predicted molar refractivity (Wildman–Crippen MR) is 60.8 cm³/mol. The Hall–Kier alpha value is -1.18. The molecule has 4 N–H and O–H groups in total. The number of benzene rings is 1. The van der Waals surface area contributed by atoms with Crippen molar-refractivity contribution in [2.75, 3.05) is 6.61 Å². The molecular formula is C12H16O6. The average Bonchev–Trinajstić information content (AvgIpc) is 2.40. The highest BCUT2D eigenvalue weighted by Gasteiger charge is 2.44. The van der Waals surface area contributed by atoms with Crippen molar-refractivity contribution >= 4 is 0 Å². The normalized spacial score (nSPS) is 36.3. The van der Waals surface area contributed by atoms with Crippen molar-refractivity contribution in [2.24, 2.45) is 0 Å². The summed E-state index contributed by atoms with van der Waals surface area (Å²) in [6.45, 7) is -0.473. The lowest BCUT2D eigenvalue weighted by molar-refractivity contribution is -0.277. The standard InChI is InChI=1S/C12H16O6/c13-6-8-9(14)10(15)11(16)12(18-8)17-7-4-2-1-3-5-7/h1-5,8-16H,6H2/t8-,9+,10+,11+,12-/m1/s1. The summed E-state index contributed by atoms with van der Waals surface area (Å²) in [7, 11) is 0. The molecule has 1 aliphatic rings. The summed E-state index contributed by atoms with van der Waals surface area (Å²) in [4.78, 5) is 0. The number of hydrogen-bond acceptors (Lipinski definition) is 6. The molecule has 0 amide bonds. The molecule has 0 aliphatic carbocycles. The molecule has 1 aromatic rings. The molecule has 5 atom stereocenters. The Morgan fingerprint density at radius 3 is 2.28 bits per heavy atom. The minimum absolute atomic E-state index is 0.460. The quantitative estimate of drug-likeness (QED) is 0.546. The number of aliphatic hydroxyl groups is 4. The van der Waals surface area contributed by atoms with Crippen LogP contribution in [-0.2, 0) is 4.74 Å². The molecule has 100 valence electrons. The minimum atomic E-state index is -1.43. The highest BCUT2D eigenvalue weighted by molar-refractivity contribution is 5.21. The molecule has 0 radical (unpaired) electrons. The van der Waals surface area contributed by atoms with Crippen molar-refractivity contribution in [3.63, 3.8) is 0 Å². The van der Waals surface area contributed by atoms with E-state index in [4.69, 9.17) is 14.6 Å². The molecule has 6 heteroatoms. The van der Waals surface area contributed by atoms with E-state index in [-0.39, 0.29) is 0 Å². The maximum atomic E-state index is 9.74. The van der Waals surface area contributed by atoms with Crippen LogP contribution in [-0.4, -0.2) is 57.7 Å². The van der Waals surface area contributed by atoms with Crippen molar-refractivity contribution in [1.82, 2.24) is 0 Å². The molecule has 6 nitrogen and oxygen atoms in total. The van der Waals surface area contributed by atoms with Gasteiger partial charge < -0.3 is 29.9 Å². The van der Waals surface area contributed by atoms with Gasteiger partial charge in [-0.15, -0.1) is 0 Å². The fourth-order valence-corrected chi connectivity index (χ4v) is 1.80. The lowest BCUT2D eigenvalue weighted by Gasteiger charge is -2.39. The summed E-state index contributed by atoms with van der Waals surface area (Å²) in [5, 5.41) is 37.9. The molecule has 18 heavy (non-hydrogen) atoms. The smallest absolute Gasteiger partial charge is 0.229 e. The van der Waals surface area contributed by atoms with Gasteiger partial charge in [0.1, 0.15) is 30.2 Å². The summed E-state index contributed by atoms with van der Waals surface area (Å²) < 4.78 is 10.6. The Kier molecular flexibility index (Phi) is 4.15. The van der Waals surface area contributed by atoms with Crippen molar-refractivity contribution < 1.29 is 29.9 Å². The third kappa shape index (κ3) is 2.63. The third-order valence-corrected chi connectivity index (χ3v) is 2.84. The molecule has 1 saturated heterocycles. The Bertz CT molecular complexity index is 368. The van der Waals surface area contributed by atoms with Crippen LogP contribution >= 0.6 is 0 Å². The van der Waals surface area contributed by atoms with Gasteiger partial charge in [0.25, 0.3) is 0 Å². The van der Waals surface area contributed by atoms with E-state index in [2.05, 4.69) is 0 Å². The van der Waals surface area contributed by atoms with E-state index in [0.29, 0.717) is 5.75 Å². The first kappa shape index (κ1) is 13.3. The van der Waals surface area contributed by atoms with E-state index >= 15 is 0 Å². The number of hydrogen-bond donors (Lipinski definition) is 4. The maximum Gasteiger partial charge on any atom is 0.229 e. The average molecular weight is 256 g/mol. The van der Waals surface area contributed by atoms with Crippen LogP contribution in [0.5, 0.6) is 5.75 Å². The van der Waals surface area contributed by atoms with E-state index in [1.165, 1.54) is 0 Å². The first-order chi connectivity index (χ1) is 8.63. The molecule has 1 aromatic carbocycles. The highest BCUT2D eigenvalue weighted by atomic mass is 16.7. The lowest BCUT2D eigenvalue weighted by Crippen LogP contribution is -2.60. The molecule has 1 fully saturated rings. The SMILES string of the molecule is OC[C@H]1O[C@@H](Oc2ccccc2)[C@@H](O)[C@@H](O)[C@H]1O. The van der Waals surface area contributed by atoms with Crippen molar-refractivity contribution in [3.05, 3.63) is 30.3 Å². The van der Waals surface area contributed by atoms with Crippen LogP contribution in [0.2, 0.25) is 0 Å². The maximum absolute atomic E-state index is 9.74. The largest absolute Gasteiger partial charge is 0.462 e. The Morgan fingerprint density at radius 2 is 1.67 bits per heavy atom. The lowest BCUT2D eigenvalue weighted by atomic mass is 9.99. The van der Waals surface area contributed by atoms with Crippen LogP contribution < -0.4 is 4.74 Å². The van der Waals surface area contributed by atoms with E-state index in [9.17, 15) is 15.3 Å². The monoisotopic (exact) mass is 256 g/mol. The Morgan fingerprint density at radius 1 is 1.00 bits per heavy atom. The van der Waals surface area contributed by atoms with Gasteiger partial charge in [-0.3, -0.25) is 0 Å². The summed E-state index contributed by atoms with van der Waals surface area (Å²) in [6, 6.07) is 8.64. The van der Waals surface area contributed by atoms with Gasteiger partial charge in [-0.25, -0.2) is 0 Å². The molecule has 0 saturated carbocycles. The fourth-order valence-electron chi connectivity index (χ4n) is 1.80. The molecular weight excluding hydrogens is 240 g/mol. The Labute approximate surface area is 104 Å². The van der Waals surface area contributed by atoms with Crippen LogP contribution in [0.25, 0.3) is 0 Å².